The number of nitrogens with one attached hydrogen (secondary N) is 1. The number of ether oxygens (including phenoxy) is 1. The maximum Gasteiger partial charge on any atom is 0.368 e. The van der Waals surface area contributed by atoms with E-state index in [2.05, 4.69) is 4.98 Å². The normalized spacial score (nSPS) is 12.5. The summed E-state index contributed by atoms with van der Waals surface area (Å²) in [6.07, 6.45) is 3.26. The lowest BCUT2D eigenvalue weighted by molar-refractivity contribution is -0.137. The molecule has 0 aliphatic heterocycles. The van der Waals surface area contributed by atoms with Gasteiger partial charge in [-0.15, -0.1) is 0 Å². The SMILES string of the molecule is CCOC(=O)/C(=C/c1c[nH]c2ccccc12)P(=O)(OCC)OCC. The molecule has 1 heterocycles. The van der Waals surface area contributed by atoms with Gasteiger partial charge in [0.15, 0.2) is 0 Å². The van der Waals surface area contributed by atoms with Crippen LogP contribution in [0.15, 0.2) is 35.8 Å². The molecule has 0 aliphatic rings. The molecule has 0 unspecified atom stereocenters. The fourth-order valence-electron chi connectivity index (χ4n) is 2.33. The molecule has 1 N–H and O–H groups in total. The van der Waals surface area contributed by atoms with E-state index in [9.17, 15) is 9.36 Å². The summed E-state index contributed by atoms with van der Waals surface area (Å²) in [6.45, 7) is 5.56. The Bertz CT molecular complexity index is 770. The number of rotatable bonds is 8. The predicted octanol–water partition coefficient (Wildman–Crippen LogP) is 4.34. The smallest absolute Gasteiger partial charge is 0.368 e. The Morgan fingerprint density at radius 2 is 1.79 bits per heavy atom. The number of fused-ring (bicyclic) bond motifs is 1. The molecule has 0 spiro atoms. The van der Waals surface area contributed by atoms with Gasteiger partial charge in [0.2, 0.25) is 0 Å². The van der Waals surface area contributed by atoms with E-state index in [1.807, 2.05) is 24.3 Å². The summed E-state index contributed by atoms with van der Waals surface area (Å²) < 4.78 is 28.8. The molecule has 6 nitrogen and oxygen atoms in total. The van der Waals surface area contributed by atoms with Crippen molar-refractivity contribution in [1.82, 2.24) is 4.98 Å². The largest absolute Gasteiger partial charge is 0.462 e. The van der Waals surface area contributed by atoms with Gasteiger partial charge in [-0.05, 0) is 32.9 Å². The van der Waals surface area contributed by atoms with Gasteiger partial charge in [-0.3, -0.25) is 4.57 Å². The van der Waals surface area contributed by atoms with E-state index in [4.69, 9.17) is 13.8 Å². The fraction of sp³-hybridized carbons (Fsp3) is 0.353. The number of esters is 1. The summed E-state index contributed by atoms with van der Waals surface area (Å²) in [7, 11) is -3.76. The van der Waals surface area contributed by atoms with Gasteiger partial charge in [0.1, 0.15) is 5.31 Å². The van der Waals surface area contributed by atoms with Gasteiger partial charge in [-0.25, -0.2) is 4.79 Å². The quantitative estimate of drug-likeness (QED) is 0.435. The van der Waals surface area contributed by atoms with E-state index in [1.54, 1.807) is 27.0 Å². The van der Waals surface area contributed by atoms with Crippen molar-refractivity contribution in [2.45, 2.75) is 20.8 Å². The first-order valence-corrected chi connectivity index (χ1v) is 9.44. The molecule has 0 saturated carbocycles. The number of aromatic amines is 1. The van der Waals surface area contributed by atoms with Crippen molar-refractivity contribution in [3.63, 3.8) is 0 Å². The van der Waals surface area contributed by atoms with Crippen LogP contribution in [0.25, 0.3) is 17.0 Å². The van der Waals surface area contributed by atoms with Crippen LogP contribution >= 0.6 is 7.60 Å². The molecule has 0 bridgehead atoms. The number of hydrogen-bond donors (Lipinski definition) is 1. The Morgan fingerprint density at radius 1 is 1.12 bits per heavy atom. The average molecular weight is 351 g/mol. The summed E-state index contributed by atoms with van der Waals surface area (Å²) in [5, 5.41) is 0.802. The Morgan fingerprint density at radius 3 is 2.42 bits per heavy atom. The molecule has 0 aliphatic carbocycles. The third-order valence-corrected chi connectivity index (χ3v) is 5.39. The van der Waals surface area contributed by atoms with Crippen LogP contribution in [0.2, 0.25) is 0 Å². The molecule has 24 heavy (non-hydrogen) atoms. The molecule has 0 radical (unpaired) electrons. The first-order valence-electron chi connectivity index (χ1n) is 7.90. The molecule has 2 aromatic rings. The third-order valence-electron chi connectivity index (χ3n) is 3.29. The standard InChI is InChI=1S/C17H22NO5P/c1-4-21-17(19)16(24(20,22-5-2)23-6-3)11-13-12-18-15-10-8-7-9-14(13)15/h7-12,18H,4-6H2,1-3H3/b16-11-. The van der Waals surface area contributed by atoms with Crippen LogP contribution in [0.1, 0.15) is 26.3 Å². The number of aromatic nitrogens is 1. The molecule has 7 heteroatoms. The molecule has 0 amide bonds. The fourth-order valence-corrected chi connectivity index (χ4v) is 3.95. The zero-order chi connectivity index (χ0) is 17.6. The lowest BCUT2D eigenvalue weighted by Crippen LogP contribution is -2.11. The van der Waals surface area contributed by atoms with Gasteiger partial charge in [0.25, 0.3) is 0 Å². The second-order valence-electron chi connectivity index (χ2n) is 4.87. The molecule has 2 rings (SSSR count). The van der Waals surface area contributed by atoms with Gasteiger partial charge in [-0.2, -0.15) is 0 Å². The maximum atomic E-state index is 13.1. The van der Waals surface area contributed by atoms with Crippen LogP contribution in [-0.2, 0) is 23.1 Å². The van der Waals surface area contributed by atoms with Gasteiger partial charge in [0.05, 0.1) is 19.8 Å². The molecule has 0 fully saturated rings. The Kier molecular flexibility index (Phi) is 6.37. The number of H-pyrrole nitrogens is 1. The van der Waals surface area contributed by atoms with Gasteiger partial charge in [0, 0.05) is 22.7 Å². The molecule has 1 aromatic heterocycles. The zero-order valence-electron chi connectivity index (χ0n) is 14.1. The number of benzene rings is 1. The molecular formula is C17H22NO5P. The minimum atomic E-state index is -3.76. The predicted molar refractivity (Wildman–Crippen MR) is 93.8 cm³/mol. The number of hydrogen-bond acceptors (Lipinski definition) is 5. The lowest BCUT2D eigenvalue weighted by atomic mass is 10.1. The highest BCUT2D eigenvalue weighted by molar-refractivity contribution is 7.60. The molecule has 130 valence electrons. The van der Waals surface area contributed by atoms with Crippen LogP contribution in [0.4, 0.5) is 0 Å². The van der Waals surface area contributed by atoms with Crippen molar-refractivity contribution < 1.29 is 23.1 Å². The van der Waals surface area contributed by atoms with Gasteiger partial charge >= 0.3 is 13.6 Å². The molecule has 0 atom stereocenters. The highest BCUT2D eigenvalue weighted by Crippen LogP contribution is 2.57. The van der Waals surface area contributed by atoms with E-state index in [-0.39, 0.29) is 25.1 Å². The van der Waals surface area contributed by atoms with Crippen molar-refractivity contribution in [3.05, 3.63) is 41.3 Å². The summed E-state index contributed by atoms with van der Waals surface area (Å²) in [5.74, 6) is -0.701. The third kappa shape index (κ3) is 3.96. The summed E-state index contributed by atoms with van der Waals surface area (Å²) in [5.41, 5.74) is 1.63. The molecule has 0 saturated heterocycles. The summed E-state index contributed by atoms with van der Waals surface area (Å²) >= 11 is 0. The first kappa shape index (κ1) is 18.5. The van der Waals surface area contributed by atoms with Crippen LogP contribution < -0.4 is 0 Å². The van der Waals surface area contributed by atoms with Crippen LogP contribution in [0.5, 0.6) is 0 Å². The highest BCUT2D eigenvalue weighted by atomic mass is 31.2. The second-order valence-corrected chi connectivity index (χ2v) is 6.87. The Balaban J connectivity index is 2.56. The summed E-state index contributed by atoms with van der Waals surface area (Å²) in [6, 6.07) is 7.63. The maximum absolute atomic E-state index is 13.1. The van der Waals surface area contributed by atoms with Crippen LogP contribution in [0, 0.1) is 0 Å². The lowest BCUT2D eigenvalue weighted by Gasteiger charge is -2.18. The van der Waals surface area contributed by atoms with Gasteiger partial charge in [-0.1, -0.05) is 18.2 Å². The summed E-state index contributed by atoms with van der Waals surface area (Å²) in [4.78, 5) is 15.5. The van der Waals surface area contributed by atoms with E-state index in [1.165, 1.54) is 6.08 Å². The van der Waals surface area contributed by atoms with E-state index in [0.717, 1.165) is 10.9 Å². The highest BCUT2D eigenvalue weighted by Gasteiger charge is 2.36. The van der Waals surface area contributed by atoms with Crippen LogP contribution in [-0.4, -0.2) is 30.8 Å². The molecular weight excluding hydrogens is 329 g/mol. The Labute approximate surface area is 141 Å². The number of carbonyl (C=O) groups is 1. The topological polar surface area (TPSA) is 77.6 Å². The van der Waals surface area contributed by atoms with Crippen molar-refractivity contribution in [1.29, 1.82) is 0 Å². The minimum absolute atomic E-state index is 0.0993. The minimum Gasteiger partial charge on any atom is -0.462 e. The first-order chi connectivity index (χ1) is 11.6. The number of carbonyl (C=O) groups excluding carboxylic acids is 1. The number of para-hydroxylation sites is 1. The second kappa shape index (κ2) is 8.29. The Hall–Kier alpha value is -1.88. The van der Waals surface area contributed by atoms with Crippen molar-refractivity contribution in [2.75, 3.05) is 19.8 Å². The van der Waals surface area contributed by atoms with Crippen molar-refractivity contribution >= 4 is 30.5 Å². The van der Waals surface area contributed by atoms with E-state index >= 15 is 0 Å². The zero-order valence-corrected chi connectivity index (χ0v) is 15.0. The van der Waals surface area contributed by atoms with Gasteiger partial charge < -0.3 is 18.8 Å². The van der Waals surface area contributed by atoms with E-state index in [0.29, 0.717) is 5.56 Å². The van der Waals surface area contributed by atoms with Crippen molar-refractivity contribution in [3.8, 4) is 0 Å². The van der Waals surface area contributed by atoms with E-state index < -0.39 is 13.6 Å². The monoisotopic (exact) mass is 351 g/mol. The molecule has 1 aromatic carbocycles. The van der Waals surface area contributed by atoms with Crippen molar-refractivity contribution in [2.24, 2.45) is 0 Å². The average Bonchev–Trinajstić information content (AvgIpc) is 2.96. The van der Waals surface area contributed by atoms with Crippen LogP contribution in [0.3, 0.4) is 0 Å².